The van der Waals surface area contributed by atoms with Crippen molar-refractivity contribution in [1.82, 2.24) is 21.1 Å². The van der Waals surface area contributed by atoms with Gasteiger partial charge in [-0.3, -0.25) is 19.6 Å². The molecule has 0 saturated carbocycles. The van der Waals surface area contributed by atoms with E-state index in [4.69, 9.17) is 5.21 Å². The molecule has 3 aromatic carbocycles. The number of hydroxylamine groups is 1. The minimum absolute atomic E-state index is 0.174. The van der Waals surface area contributed by atoms with Crippen molar-refractivity contribution in [1.29, 1.82) is 0 Å². The summed E-state index contributed by atoms with van der Waals surface area (Å²) in [5, 5.41) is 16.0. The van der Waals surface area contributed by atoms with Crippen LogP contribution in [0.3, 0.4) is 0 Å². The Bertz CT molecular complexity index is 1390. The quantitative estimate of drug-likeness (QED) is 0.122. The molecule has 0 saturated heterocycles. The van der Waals surface area contributed by atoms with E-state index in [1.54, 1.807) is 5.48 Å². The Labute approximate surface area is 234 Å². The minimum atomic E-state index is -0.837. The summed E-state index contributed by atoms with van der Waals surface area (Å²) < 4.78 is 0. The number of fused-ring (bicyclic) bond motifs is 1. The molecule has 0 spiro atoms. The Balaban J connectivity index is 1.46. The van der Waals surface area contributed by atoms with Crippen LogP contribution in [0.1, 0.15) is 36.0 Å². The highest BCUT2D eigenvalue weighted by molar-refractivity contribution is 5.91. The highest BCUT2D eigenvalue weighted by atomic mass is 16.5. The molecule has 0 unspecified atom stereocenters. The lowest BCUT2D eigenvalue weighted by molar-refractivity contribution is -0.136. The van der Waals surface area contributed by atoms with E-state index in [-0.39, 0.29) is 24.7 Å². The topological polar surface area (TPSA) is 123 Å². The zero-order chi connectivity index (χ0) is 28.2. The lowest BCUT2D eigenvalue weighted by atomic mass is 9.94. The number of benzene rings is 3. The number of carbonyl (C=O) groups is 3. The number of amides is 3. The SMILES string of the molecule is O=C(C[C@H](CCCc1ccccc1)C(=O)N[C@H](Cc1c[nH]c2ccccc12)C(=O)NCCc1ccccc1)NO. The number of hydrogen-bond donors (Lipinski definition) is 5. The molecule has 0 fully saturated rings. The maximum atomic E-state index is 13.5. The zero-order valence-electron chi connectivity index (χ0n) is 22.4. The van der Waals surface area contributed by atoms with E-state index < -0.39 is 17.9 Å². The van der Waals surface area contributed by atoms with Gasteiger partial charge in [0.2, 0.25) is 17.7 Å². The largest absolute Gasteiger partial charge is 0.361 e. The van der Waals surface area contributed by atoms with E-state index in [0.717, 1.165) is 34.0 Å². The summed E-state index contributed by atoms with van der Waals surface area (Å²) >= 11 is 0. The van der Waals surface area contributed by atoms with Crippen molar-refractivity contribution in [3.05, 3.63) is 108 Å². The van der Waals surface area contributed by atoms with Crippen molar-refractivity contribution in [3.8, 4) is 0 Å². The summed E-state index contributed by atoms with van der Waals surface area (Å²) in [5.74, 6) is -2.01. The molecular weight excluding hydrogens is 504 g/mol. The maximum Gasteiger partial charge on any atom is 0.244 e. The number of aromatic nitrogens is 1. The first-order valence-electron chi connectivity index (χ1n) is 13.7. The molecule has 0 radical (unpaired) electrons. The van der Waals surface area contributed by atoms with Crippen LogP contribution in [-0.2, 0) is 33.6 Å². The zero-order valence-corrected chi connectivity index (χ0v) is 22.4. The fourth-order valence-corrected chi connectivity index (χ4v) is 4.91. The number of rotatable bonds is 14. The van der Waals surface area contributed by atoms with Crippen molar-refractivity contribution in [2.24, 2.45) is 5.92 Å². The first-order chi connectivity index (χ1) is 19.5. The Morgan fingerprint density at radius 3 is 2.15 bits per heavy atom. The van der Waals surface area contributed by atoms with Gasteiger partial charge in [0.1, 0.15) is 6.04 Å². The molecule has 1 aromatic heterocycles. The highest BCUT2D eigenvalue weighted by Gasteiger charge is 2.28. The summed E-state index contributed by atoms with van der Waals surface area (Å²) in [6.45, 7) is 0.427. The molecule has 208 valence electrons. The standard InChI is InChI=1S/C32H36N4O4/c37-30(36-40)21-25(15-9-14-23-10-3-1-4-11-23)31(38)35-29(20-26-22-34-28-17-8-7-16-27(26)28)32(39)33-19-18-24-12-5-2-6-13-24/h1-8,10-13,16-17,22,25,29,34,40H,9,14-15,18-21H2,(H,33,39)(H,35,38)(H,36,37)/t25-,29+/m0/s1. The van der Waals surface area contributed by atoms with Gasteiger partial charge in [-0.05, 0) is 48.4 Å². The summed E-state index contributed by atoms with van der Waals surface area (Å²) in [6.07, 6.45) is 4.50. The van der Waals surface area contributed by atoms with Crippen molar-refractivity contribution in [2.75, 3.05) is 6.54 Å². The number of aryl methyl sites for hydroxylation is 1. The van der Waals surface area contributed by atoms with E-state index in [1.807, 2.05) is 91.1 Å². The molecule has 8 heteroatoms. The monoisotopic (exact) mass is 540 g/mol. The first-order valence-corrected chi connectivity index (χ1v) is 13.7. The van der Waals surface area contributed by atoms with Crippen LogP contribution in [0.4, 0.5) is 0 Å². The van der Waals surface area contributed by atoms with Gasteiger partial charge in [0.05, 0.1) is 0 Å². The molecule has 2 atom stereocenters. The lowest BCUT2D eigenvalue weighted by Gasteiger charge is -2.22. The smallest absolute Gasteiger partial charge is 0.244 e. The van der Waals surface area contributed by atoms with Crippen LogP contribution in [0.15, 0.2) is 91.1 Å². The molecular formula is C32H36N4O4. The predicted molar refractivity (Wildman–Crippen MR) is 155 cm³/mol. The summed E-state index contributed by atoms with van der Waals surface area (Å²) in [5.41, 5.74) is 5.74. The molecule has 4 aromatic rings. The van der Waals surface area contributed by atoms with Crippen LogP contribution >= 0.6 is 0 Å². The van der Waals surface area contributed by atoms with Gasteiger partial charge < -0.3 is 15.6 Å². The van der Waals surface area contributed by atoms with E-state index >= 15 is 0 Å². The average Bonchev–Trinajstić information content (AvgIpc) is 3.40. The maximum absolute atomic E-state index is 13.5. The van der Waals surface area contributed by atoms with E-state index in [0.29, 0.717) is 25.8 Å². The van der Waals surface area contributed by atoms with Gasteiger partial charge in [0, 0.05) is 42.4 Å². The van der Waals surface area contributed by atoms with Gasteiger partial charge in [0.25, 0.3) is 0 Å². The third-order valence-corrected chi connectivity index (χ3v) is 7.08. The molecule has 40 heavy (non-hydrogen) atoms. The second kappa shape index (κ2) is 14.6. The number of carbonyl (C=O) groups excluding carboxylic acids is 3. The molecule has 0 bridgehead atoms. The fraction of sp³-hybridized carbons (Fsp3) is 0.281. The predicted octanol–water partition coefficient (Wildman–Crippen LogP) is 4.09. The second-order valence-corrected chi connectivity index (χ2v) is 9.97. The molecule has 1 heterocycles. The summed E-state index contributed by atoms with van der Waals surface area (Å²) in [4.78, 5) is 42.1. The van der Waals surface area contributed by atoms with Crippen LogP contribution in [0.25, 0.3) is 10.9 Å². The van der Waals surface area contributed by atoms with Crippen molar-refractivity contribution < 1.29 is 19.6 Å². The molecule has 0 aliphatic rings. The number of nitrogens with one attached hydrogen (secondary N) is 4. The van der Waals surface area contributed by atoms with Crippen LogP contribution < -0.4 is 16.1 Å². The van der Waals surface area contributed by atoms with E-state index in [9.17, 15) is 14.4 Å². The van der Waals surface area contributed by atoms with Gasteiger partial charge in [-0.2, -0.15) is 0 Å². The third kappa shape index (κ3) is 8.28. The molecule has 5 N–H and O–H groups in total. The van der Waals surface area contributed by atoms with Gasteiger partial charge >= 0.3 is 0 Å². The van der Waals surface area contributed by atoms with E-state index in [1.165, 1.54) is 0 Å². The minimum Gasteiger partial charge on any atom is -0.361 e. The van der Waals surface area contributed by atoms with Crippen LogP contribution in [0.2, 0.25) is 0 Å². The van der Waals surface area contributed by atoms with Crippen LogP contribution in [0, 0.1) is 5.92 Å². The molecule has 8 nitrogen and oxygen atoms in total. The van der Waals surface area contributed by atoms with Crippen molar-refractivity contribution in [3.63, 3.8) is 0 Å². The Kier molecular flexibility index (Phi) is 10.5. The highest BCUT2D eigenvalue weighted by Crippen LogP contribution is 2.20. The Morgan fingerprint density at radius 1 is 0.800 bits per heavy atom. The van der Waals surface area contributed by atoms with Crippen molar-refractivity contribution >= 4 is 28.6 Å². The van der Waals surface area contributed by atoms with Crippen LogP contribution in [0.5, 0.6) is 0 Å². The molecule has 0 aliphatic carbocycles. The van der Waals surface area contributed by atoms with Crippen molar-refractivity contribution in [2.45, 2.75) is 44.6 Å². The molecule has 4 rings (SSSR count). The number of para-hydroxylation sites is 1. The lowest BCUT2D eigenvalue weighted by Crippen LogP contribution is -2.50. The summed E-state index contributed by atoms with van der Waals surface area (Å²) in [6, 6.07) is 26.8. The fourth-order valence-electron chi connectivity index (χ4n) is 4.91. The Hall–Kier alpha value is -4.43. The number of hydrogen-bond acceptors (Lipinski definition) is 4. The Morgan fingerprint density at radius 2 is 1.45 bits per heavy atom. The number of H-pyrrole nitrogens is 1. The van der Waals surface area contributed by atoms with Gasteiger partial charge in [-0.25, -0.2) is 5.48 Å². The molecule has 3 amide bonds. The third-order valence-electron chi connectivity index (χ3n) is 7.08. The number of aromatic amines is 1. The van der Waals surface area contributed by atoms with Gasteiger partial charge in [-0.15, -0.1) is 0 Å². The average molecular weight is 541 g/mol. The second-order valence-electron chi connectivity index (χ2n) is 9.97. The van der Waals surface area contributed by atoms with Gasteiger partial charge in [-0.1, -0.05) is 78.9 Å². The van der Waals surface area contributed by atoms with Crippen LogP contribution in [-0.4, -0.2) is 40.5 Å². The van der Waals surface area contributed by atoms with Gasteiger partial charge in [0.15, 0.2) is 0 Å². The summed E-state index contributed by atoms with van der Waals surface area (Å²) in [7, 11) is 0. The normalized spacial score (nSPS) is 12.4. The first kappa shape index (κ1) is 28.6. The molecule has 0 aliphatic heterocycles. The van der Waals surface area contributed by atoms with E-state index in [2.05, 4.69) is 15.6 Å².